The Morgan fingerprint density at radius 1 is 1.16 bits per heavy atom. The van der Waals surface area contributed by atoms with Gasteiger partial charge in [0.05, 0.1) is 19.5 Å². The van der Waals surface area contributed by atoms with Gasteiger partial charge in [-0.25, -0.2) is 0 Å². The highest BCUT2D eigenvalue weighted by molar-refractivity contribution is 7.99. The molecule has 0 fully saturated rings. The largest absolute Gasteiger partial charge is 0.493 e. The number of rotatable bonds is 6. The summed E-state index contributed by atoms with van der Waals surface area (Å²) in [5.41, 5.74) is 0. The third kappa shape index (κ3) is 4.17. The summed E-state index contributed by atoms with van der Waals surface area (Å²) in [5, 5.41) is 2.37. The molecule has 2 aromatic carbocycles. The van der Waals surface area contributed by atoms with Gasteiger partial charge < -0.3 is 9.47 Å². The molecule has 0 bridgehead atoms. The zero-order valence-corrected chi connectivity index (χ0v) is 11.6. The van der Waals surface area contributed by atoms with Gasteiger partial charge in [-0.05, 0) is 22.9 Å². The van der Waals surface area contributed by atoms with Crippen molar-refractivity contribution in [2.24, 2.45) is 0 Å². The van der Waals surface area contributed by atoms with Crippen LogP contribution in [0.4, 0.5) is 0 Å². The van der Waals surface area contributed by atoms with Gasteiger partial charge in [-0.1, -0.05) is 30.3 Å². The van der Waals surface area contributed by atoms with Crippen molar-refractivity contribution in [3.63, 3.8) is 0 Å². The van der Waals surface area contributed by atoms with Crippen LogP contribution in [0.25, 0.3) is 10.8 Å². The quantitative estimate of drug-likeness (QED) is 0.600. The molecule has 4 heteroatoms. The lowest BCUT2D eigenvalue weighted by Crippen LogP contribution is -2.06. The maximum Gasteiger partial charge on any atom is 0.315 e. The van der Waals surface area contributed by atoms with E-state index in [1.54, 1.807) is 0 Å². The average molecular weight is 276 g/mol. The highest BCUT2D eigenvalue weighted by Gasteiger charge is 2.00. The Labute approximate surface area is 116 Å². The van der Waals surface area contributed by atoms with Gasteiger partial charge in [0.1, 0.15) is 5.75 Å². The standard InChI is InChI=1S/C15H16O3S/c1-17-15(16)11-19-9-8-18-14-7-6-12-4-2-3-5-13(12)10-14/h2-7,10H,8-9,11H2,1H3. The van der Waals surface area contributed by atoms with Crippen LogP contribution < -0.4 is 4.74 Å². The molecule has 0 unspecified atom stereocenters. The number of carbonyl (C=O) groups is 1. The van der Waals surface area contributed by atoms with E-state index in [9.17, 15) is 4.79 Å². The first-order valence-corrected chi connectivity index (χ1v) is 7.21. The Morgan fingerprint density at radius 3 is 2.74 bits per heavy atom. The number of benzene rings is 2. The molecule has 0 saturated carbocycles. The number of esters is 1. The predicted molar refractivity (Wildman–Crippen MR) is 78.8 cm³/mol. The summed E-state index contributed by atoms with van der Waals surface area (Å²) in [4.78, 5) is 10.9. The molecular formula is C15H16O3S. The molecule has 2 aromatic rings. The van der Waals surface area contributed by atoms with Crippen LogP contribution in [0.3, 0.4) is 0 Å². The lowest BCUT2D eigenvalue weighted by atomic mass is 10.1. The molecular weight excluding hydrogens is 260 g/mol. The van der Waals surface area contributed by atoms with Gasteiger partial charge in [0, 0.05) is 5.75 Å². The molecule has 2 rings (SSSR count). The van der Waals surface area contributed by atoms with Crippen LogP contribution >= 0.6 is 11.8 Å². The summed E-state index contributed by atoms with van der Waals surface area (Å²) in [6.07, 6.45) is 0. The fourth-order valence-electron chi connectivity index (χ4n) is 1.69. The van der Waals surface area contributed by atoms with Crippen molar-refractivity contribution in [1.82, 2.24) is 0 Å². The Hall–Kier alpha value is -1.68. The summed E-state index contributed by atoms with van der Waals surface area (Å²) in [5.74, 6) is 1.80. The zero-order valence-electron chi connectivity index (χ0n) is 10.8. The van der Waals surface area contributed by atoms with Gasteiger partial charge in [-0.15, -0.1) is 11.8 Å². The summed E-state index contributed by atoms with van der Waals surface area (Å²) < 4.78 is 10.2. The van der Waals surface area contributed by atoms with Gasteiger partial charge in [0.2, 0.25) is 0 Å². The highest BCUT2D eigenvalue weighted by atomic mass is 32.2. The molecule has 0 aliphatic heterocycles. The summed E-state index contributed by atoms with van der Waals surface area (Å²) >= 11 is 1.51. The summed E-state index contributed by atoms with van der Waals surface area (Å²) in [6.45, 7) is 0.583. The molecule has 0 spiro atoms. The van der Waals surface area contributed by atoms with Crippen molar-refractivity contribution in [2.45, 2.75) is 0 Å². The van der Waals surface area contributed by atoms with E-state index < -0.39 is 0 Å². The molecule has 0 atom stereocenters. The number of hydrogen-bond acceptors (Lipinski definition) is 4. The van der Waals surface area contributed by atoms with Crippen molar-refractivity contribution in [2.75, 3.05) is 25.2 Å². The molecule has 0 radical (unpaired) electrons. The molecule has 0 saturated heterocycles. The SMILES string of the molecule is COC(=O)CSCCOc1ccc2ccccc2c1. The van der Waals surface area contributed by atoms with E-state index in [0.717, 1.165) is 11.5 Å². The van der Waals surface area contributed by atoms with Crippen LogP contribution in [0.2, 0.25) is 0 Å². The maximum absolute atomic E-state index is 10.9. The summed E-state index contributed by atoms with van der Waals surface area (Å²) in [7, 11) is 1.40. The van der Waals surface area contributed by atoms with E-state index in [4.69, 9.17) is 4.74 Å². The molecule has 0 aromatic heterocycles. The number of carbonyl (C=O) groups excluding carboxylic acids is 1. The predicted octanol–water partition coefficient (Wildman–Crippen LogP) is 3.12. The van der Waals surface area contributed by atoms with Crippen LogP contribution in [-0.4, -0.2) is 31.2 Å². The van der Waals surface area contributed by atoms with Crippen molar-refractivity contribution in [3.8, 4) is 5.75 Å². The smallest absolute Gasteiger partial charge is 0.315 e. The van der Waals surface area contributed by atoms with Gasteiger partial charge in [-0.2, -0.15) is 0 Å². The van der Waals surface area contributed by atoms with Crippen LogP contribution in [0.15, 0.2) is 42.5 Å². The third-order valence-electron chi connectivity index (χ3n) is 2.66. The van der Waals surface area contributed by atoms with E-state index in [2.05, 4.69) is 16.9 Å². The van der Waals surface area contributed by atoms with Gasteiger partial charge in [-0.3, -0.25) is 4.79 Å². The maximum atomic E-state index is 10.9. The fraction of sp³-hybridized carbons (Fsp3) is 0.267. The van der Waals surface area contributed by atoms with Gasteiger partial charge in [0.15, 0.2) is 0 Å². The monoisotopic (exact) mass is 276 g/mol. The van der Waals surface area contributed by atoms with Crippen LogP contribution in [0.1, 0.15) is 0 Å². The van der Waals surface area contributed by atoms with Crippen molar-refractivity contribution in [3.05, 3.63) is 42.5 Å². The first kappa shape index (κ1) is 13.7. The third-order valence-corrected chi connectivity index (χ3v) is 3.56. The lowest BCUT2D eigenvalue weighted by molar-refractivity contribution is -0.137. The Morgan fingerprint density at radius 2 is 1.95 bits per heavy atom. The van der Waals surface area contributed by atoms with Crippen LogP contribution in [0.5, 0.6) is 5.75 Å². The number of ether oxygens (including phenoxy) is 2. The van der Waals surface area contributed by atoms with Gasteiger partial charge >= 0.3 is 5.97 Å². The lowest BCUT2D eigenvalue weighted by Gasteiger charge is -2.07. The van der Waals surface area contributed by atoms with Gasteiger partial charge in [0.25, 0.3) is 0 Å². The van der Waals surface area contributed by atoms with Crippen LogP contribution in [-0.2, 0) is 9.53 Å². The number of fused-ring (bicyclic) bond motifs is 1. The second-order valence-corrected chi connectivity index (χ2v) is 5.09. The van der Waals surface area contributed by atoms with E-state index in [-0.39, 0.29) is 5.97 Å². The minimum Gasteiger partial charge on any atom is -0.493 e. The number of hydrogen-bond donors (Lipinski definition) is 0. The molecule has 100 valence electrons. The molecule has 0 N–H and O–H groups in total. The summed E-state index contributed by atoms with van der Waals surface area (Å²) in [6, 6.07) is 14.2. The number of methoxy groups -OCH3 is 1. The number of thioether (sulfide) groups is 1. The van der Waals surface area contributed by atoms with E-state index >= 15 is 0 Å². The first-order valence-electron chi connectivity index (χ1n) is 6.06. The Kier molecular flexibility index (Phi) is 5.10. The topological polar surface area (TPSA) is 35.5 Å². The molecule has 3 nitrogen and oxygen atoms in total. The van der Waals surface area contributed by atoms with Crippen molar-refractivity contribution >= 4 is 28.5 Å². The molecule has 0 amide bonds. The molecule has 0 aliphatic carbocycles. The van der Waals surface area contributed by atoms with E-state index in [1.165, 1.54) is 29.6 Å². The van der Waals surface area contributed by atoms with Crippen LogP contribution in [0, 0.1) is 0 Å². The van der Waals surface area contributed by atoms with E-state index in [0.29, 0.717) is 12.4 Å². The minimum absolute atomic E-state index is 0.198. The van der Waals surface area contributed by atoms with Crippen molar-refractivity contribution in [1.29, 1.82) is 0 Å². The Bertz CT molecular complexity index is 554. The minimum atomic E-state index is -0.198. The molecule has 0 heterocycles. The molecule has 0 aliphatic rings. The highest BCUT2D eigenvalue weighted by Crippen LogP contribution is 2.20. The Balaban J connectivity index is 1.80. The average Bonchev–Trinajstić information content (AvgIpc) is 2.46. The normalized spacial score (nSPS) is 10.4. The second-order valence-electron chi connectivity index (χ2n) is 3.99. The first-order chi connectivity index (χ1) is 9.29. The second kappa shape index (κ2) is 7.04. The molecule has 19 heavy (non-hydrogen) atoms. The zero-order chi connectivity index (χ0) is 13.5. The van der Waals surface area contributed by atoms with E-state index in [1.807, 2.05) is 30.3 Å². The fourth-order valence-corrected chi connectivity index (χ4v) is 2.32. The van der Waals surface area contributed by atoms with Crippen molar-refractivity contribution < 1.29 is 14.3 Å².